The summed E-state index contributed by atoms with van der Waals surface area (Å²) in [7, 11) is 0. The van der Waals surface area contributed by atoms with Crippen LogP contribution < -0.4 is 0 Å². The van der Waals surface area contributed by atoms with Crippen molar-refractivity contribution in [2.24, 2.45) is 5.92 Å². The van der Waals surface area contributed by atoms with Gasteiger partial charge in [0.1, 0.15) is 0 Å². The van der Waals surface area contributed by atoms with Gasteiger partial charge >= 0.3 is 0 Å². The van der Waals surface area contributed by atoms with Crippen LogP contribution in [-0.4, -0.2) is 18.9 Å². The Labute approximate surface area is 60.6 Å². The normalized spacial score (nSPS) is 21.2. The molecule has 1 aliphatic heterocycles. The van der Waals surface area contributed by atoms with E-state index in [1.807, 2.05) is 13.8 Å². The molecule has 0 aromatic heterocycles. The summed E-state index contributed by atoms with van der Waals surface area (Å²) in [6, 6.07) is 0. The monoisotopic (exact) mass is 142 g/mol. The van der Waals surface area contributed by atoms with Crippen molar-refractivity contribution >= 4 is 0 Å². The van der Waals surface area contributed by atoms with Crippen molar-refractivity contribution in [3.63, 3.8) is 0 Å². The van der Waals surface area contributed by atoms with Gasteiger partial charge in [-0.15, -0.1) is 0 Å². The maximum atomic E-state index is 13.0. The number of halogens is 1. The molecule has 0 atom stereocenters. The van der Waals surface area contributed by atoms with Crippen LogP contribution in [0.1, 0.15) is 13.8 Å². The van der Waals surface area contributed by atoms with Crippen LogP contribution in [0.15, 0.2) is 0 Å². The average Bonchev–Trinajstić information content (AvgIpc) is 1.79. The van der Waals surface area contributed by atoms with E-state index in [-0.39, 0.29) is 19.1 Å². The first-order valence-corrected chi connectivity index (χ1v) is 3.42. The summed E-state index contributed by atoms with van der Waals surface area (Å²) in [5, 5.41) is 0. The van der Waals surface area contributed by atoms with Gasteiger partial charge in [-0.1, -0.05) is 25.7 Å². The molecule has 0 aliphatic carbocycles. The molecule has 0 N–H and O–H groups in total. The fourth-order valence-corrected chi connectivity index (χ4v) is 0.627. The van der Waals surface area contributed by atoms with E-state index in [1.54, 1.807) is 0 Å². The summed E-state index contributed by atoms with van der Waals surface area (Å²) in [5.41, 5.74) is -1.33. The van der Waals surface area contributed by atoms with E-state index in [0.717, 1.165) is 0 Å². The van der Waals surface area contributed by atoms with Crippen LogP contribution >= 0.6 is 0 Å². The average molecular weight is 142 g/mol. The minimum atomic E-state index is -1.33. The van der Waals surface area contributed by atoms with E-state index >= 15 is 0 Å². The van der Waals surface area contributed by atoms with Gasteiger partial charge in [-0.2, -0.15) is 0 Å². The topological polar surface area (TPSA) is 9.23 Å². The zero-order valence-corrected chi connectivity index (χ0v) is 6.28. The van der Waals surface area contributed by atoms with Crippen molar-refractivity contribution in [3.8, 4) is 11.8 Å². The van der Waals surface area contributed by atoms with Crippen LogP contribution in [0.25, 0.3) is 0 Å². The molecule has 1 nitrogen and oxygen atoms in total. The molecular formula is C8H11FO. The van der Waals surface area contributed by atoms with E-state index in [1.165, 1.54) is 0 Å². The third kappa shape index (κ3) is 1.71. The molecule has 1 heterocycles. The summed E-state index contributed by atoms with van der Waals surface area (Å²) in [6.07, 6.45) is 0. The fourth-order valence-electron chi connectivity index (χ4n) is 0.627. The van der Waals surface area contributed by atoms with Crippen molar-refractivity contribution in [1.82, 2.24) is 0 Å². The van der Waals surface area contributed by atoms with Crippen LogP contribution in [-0.2, 0) is 4.74 Å². The van der Waals surface area contributed by atoms with Crippen LogP contribution in [0.3, 0.4) is 0 Å². The predicted octanol–water partition coefficient (Wildman–Crippen LogP) is 1.38. The maximum Gasteiger partial charge on any atom is 0.216 e. The van der Waals surface area contributed by atoms with Crippen molar-refractivity contribution < 1.29 is 9.13 Å². The quantitative estimate of drug-likeness (QED) is 0.464. The van der Waals surface area contributed by atoms with Gasteiger partial charge < -0.3 is 4.74 Å². The van der Waals surface area contributed by atoms with Crippen LogP contribution in [0.2, 0.25) is 0 Å². The van der Waals surface area contributed by atoms with E-state index in [4.69, 9.17) is 4.74 Å². The molecule has 56 valence electrons. The number of hydrogen-bond donors (Lipinski definition) is 0. The molecule has 2 heteroatoms. The number of hydrogen-bond acceptors (Lipinski definition) is 1. The van der Waals surface area contributed by atoms with Crippen molar-refractivity contribution in [2.75, 3.05) is 13.2 Å². The molecule has 0 bridgehead atoms. The smallest absolute Gasteiger partial charge is 0.216 e. The largest absolute Gasteiger partial charge is 0.372 e. The van der Waals surface area contributed by atoms with Crippen LogP contribution in [0, 0.1) is 17.8 Å². The first kappa shape index (κ1) is 7.56. The Kier molecular flexibility index (Phi) is 1.96. The van der Waals surface area contributed by atoms with Gasteiger partial charge in [0.05, 0.1) is 13.2 Å². The van der Waals surface area contributed by atoms with Gasteiger partial charge in [0, 0.05) is 5.92 Å². The Bertz CT molecular complexity index is 171. The van der Waals surface area contributed by atoms with E-state index in [9.17, 15) is 4.39 Å². The number of rotatable bonds is 0. The molecule has 0 saturated carbocycles. The molecule has 0 radical (unpaired) electrons. The van der Waals surface area contributed by atoms with Gasteiger partial charge in [0.25, 0.3) is 0 Å². The fraction of sp³-hybridized carbons (Fsp3) is 0.750. The highest BCUT2D eigenvalue weighted by Crippen LogP contribution is 2.20. The molecular weight excluding hydrogens is 131 g/mol. The Balaban J connectivity index is 2.45. The lowest BCUT2D eigenvalue weighted by molar-refractivity contribution is -0.0935. The van der Waals surface area contributed by atoms with E-state index in [2.05, 4.69) is 11.8 Å². The highest BCUT2D eigenvalue weighted by atomic mass is 19.1. The Morgan fingerprint density at radius 1 is 1.50 bits per heavy atom. The van der Waals surface area contributed by atoms with E-state index < -0.39 is 5.67 Å². The molecule has 0 aromatic carbocycles. The second kappa shape index (κ2) is 2.59. The summed E-state index contributed by atoms with van der Waals surface area (Å²) < 4.78 is 17.7. The van der Waals surface area contributed by atoms with Gasteiger partial charge in [-0.3, -0.25) is 0 Å². The highest BCUT2D eigenvalue weighted by molar-refractivity contribution is 5.18. The molecule has 1 rings (SSSR count). The lowest BCUT2D eigenvalue weighted by atomic mass is 10.0. The first-order valence-electron chi connectivity index (χ1n) is 3.42. The first-order chi connectivity index (χ1) is 4.62. The third-order valence-electron chi connectivity index (χ3n) is 1.25. The van der Waals surface area contributed by atoms with Gasteiger partial charge in [0.2, 0.25) is 5.67 Å². The molecule has 1 aliphatic rings. The molecule has 0 amide bonds. The number of alkyl halides is 1. The lowest BCUT2D eigenvalue weighted by Gasteiger charge is -2.28. The van der Waals surface area contributed by atoms with Gasteiger partial charge in [0.15, 0.2) is 0 Å². The second-order valence-electron chi connectivity index (χ2n) is 2.88. The minimum Gasteiger partial charge on any atom is -0.372 e. The lowest BCUT2D eigenvalue weighted by Crippen LogP contribution is -2.44. The van der Waals surface area contributed by atoms with Crippen molar-refractivity contribution in [1.29, 1.82) is 0 Å². The molecule has 0 aromatic rings. The zero-order chi connectivity index (χ0) is 7.61. The summed E-state index contributed by atoms with van der Waals surface area (Å²) >= 11 is 0. The minimum absolute atomic E-state index is 0.146. The van der Waals surface area contributed by atoms with Crippen molar-refractivity contribution in [3.05, 3.63) is 0 Å². The predicted molar refractivity (Wildman–Crippen MR) is 37.3 cm³/mol. The highest BCUT2D eigenvalue weighted by Gasteiger charge is 2.36. The van der Waals surface area contributed by atoms with Crippen molar-refractivity contribution in [2.45, 2.75) is 19.5 Å². The van der Waals surface area contributed by atoms with Gasteiger partial charge in [-0.25, -0.2) is 4.39 Å². The maximum absolute atomic E-state index is 13.0. The molecule has 10 heavy (non-hydrogen) atoms. The van der Waals surface area contributed by atoms with Crippen LogP contribution in [0.5, 0.6) is 0 Å². The van der Waals surface area contributed by atoms with E-state index in [0.29, 0.717) is 0 Å². The Hall–Kier alpha value is -0.550. The molecule has 0 unspecified atom stereocenters. The second-order valence-corrected chi connectivity index (χ2v) is 2.88. The Morgan fingerprint density at radius 2 is 2.10 bits per heavy atom. The number of ether oxygens (including phenoxy) is 1. The van der Waals surface area contributed by atoms with Gasteiger partial charge in [-0.05, 0) is 0 Å². The third-order valence-corrected chi connectivity index (χ3v) is 1.25. The zero-order valence-electron chi connectivity index (χ0n) is 6.28. The van der Waals surface area contributed by atoms with Crippen LogP contribution in [0.4, 0.5) is 4.39 Å². The SMILES string of the molecule is CC(C)C#CC1(F)COC1. The molecule has 1 fully saturated rings. The summed E-state index contributed by atoms with van der Waals surface area (Å²) in [5.74, 6) is 5.58. The summed E-state index contributed by atoms with van der Waals surface area (Å²) in [6.45, 7) is 4.17. The molecule has 1 saturated heterocycles. The summed E-state index contributed by atoms with van der Waals surface area (Å²) in [4.78, 5) is 0. The standard InChI is InChI=1S/C8H11FO/c1-7(2)3-4-8(9)5-10-6-8/h7H,5-6H2,1-2H3. The molecule has 0 spiro atoms. The Morgan fingerprint density at radius 3 is 2.40 bits per heavy atom.